The Balaban J connectivity index is 1.63. The van der Waals surface area contributed by atoms with Crippen molar-refractivity contribution in [3.63, 3.8) is 0 Å². The molecular weight excluding hydrogens is 402 g/mol. The molecule has 0 radical (unpaired) electrons. The number of hydrogen-bond acceptors (Lipinski definition) is 7. The Hall–Kier alpha value is -3.70. The Morgan fingerprint density at radius 2 is 1.94 bits per heavy atom. The van der Waals surface area contributed by atoms with Gasteiger partial charge in [-0.05, 0) is 39.0 Å². The van der Waals surface area contributed by atoms with Crippen LogP contribution in [0.25, 0.3) is 33.2 Å². The molecule has 1 fully saturated rings. The van der Waals surface area contributed by atoms with Gasteiger partial charge in [0.15, 0.2) is 5.65 Å². The second kappa shape index (κ2) is 7.46. The molecule has 0 saturated carbocycles. The normalized spacial score (nSPS) is 18.9. The molecule has 0 spiro atoms. The minimum Gasteiger partial charge on any atom is -0.507 e. The Bertz CT molecular complexity index is 1390. The van der Waals surface area contributed by atoms with Gasteiger partial charge in [-0.1, -0.05) is 0 Å². The molecule has 3 aromatic heterocycles. The lowest BCUT2D eigenvalue weighted by atomic mass is 10.0. The van der Waals surface area contributed by atoms with E-state index in [0.717, 1.165) is 29.7 Å². The Labute approximate surface area is 186 Å². The van der Waals surface area contributed by atoms with Crippen molar-refractivity contribution in [2.24, 2.45) is 7.05 Å². The fraction of sp³-hybridized carbons (Fsp3) is 0.333. The van der Waals surface area contributed by atoms with Gasteiger partial charge in [0.05, 0.1) is 34.7 Å². The van der Waals surface area contributed by atoms with Crippen molar-refractivity contribution in [1.29, 1.82) is 5.26 Å². The molecule has 0 aliphatic carbocycles. The molecular formula is C24H25N7O. The molecule has 0 unspecified atom stereocenters. The Morgan fingerprint density at radius 1 is 1.19 bits per heavy atom. The van der Waals surface area contributed by atoms with Crippen molar-refractivity contribution in [3.05, 3.63) is 41.7 Å². The number of hydrogen-bond donors (Lipinski definition) is 2. The number of aryl methyl sites for hydroxylation is 2. The van der Waals surface area contributed by atoms with Gasteiger partial charge in [-0.3, -0.25) is 4.68 Å². The summed E-state index contributed by atoms with van der Waals surface area (Å²) in [6.45, 7) is 7.92. The number of phenolic OH excluding ortho intramolecular Hbond substituents is 1. The molecule has 1 aliphatic rings. The highest BCUT2D eigenvalue weighted by molar-refractivity contribution is 5.93. The second-order valence-corrected chi connectivity index (χ2v) is 8.74. The minimum absolute atomic E-state index is 0.118. The van der Waals surface area contributed by atoms with E-state index in [9.17, 15) is 10.4 Å². The molecule has 1 aliphatic heterocycles. The Kier molecular flexibility index (Phi) is 4.72. The lowest BCUT2D eigenvalue weighted by molar-refractivity contribution is 0.407. The molecule has 2 atom stereocenters. The summed E-state index contributed by atoms with van der Waals surface area (Å²) in [6, 6.07) is 8.63. The summed E-state index contributed by atoms with van der Waals surface area (Å²) in [6.07, 6.45) is 3.72. The lowest BCUT2D eigenvalue weighted by Crippen LogP contribution is -2.54. The number of nitrogens with zero attached hydrogens (tertiary/aromatic N) is 6. The number of pyridine rings is 2. The molecule has 5 rings (SSSR count). The van der Waals surface area contributed by atoms with Crippen molar-refractivity contribution in [2.75, 3.05) is 18.0 Å². The van der Waals surface area contributed by atoms with Crippen molar-refractivity contribution in [3.8, 4) is 23.1 Å². The maximum atomic E-state index is 10.9. The van der Waals surface area contributed by atoms with Gasteiger partial charge in [0.1, 0.15) is 5.75 Å². The number of nitriles is 1. The van der Waals surface area contributed by atoms with Crippen LogP contribution in [0, 0.1) is 18.3 Å². The number of rotatable bonds is 2. The zero-order chi connectivity index (χ0) is 22.6. The van der Waals surface area contributed by atoms with E-state index in [2.05, 4.69) is 40.2 Å². The number of anilines is 1. The standard InChI is InChI=1S/C24H25N7O/c1-13-10-31(11-14(2)27-13)18-7-19-16(8-25)6-21(28-24(19)26-9-18)20-5-17-12-30(4)29-22(17)15(3)23(20)32/h5-7,9,12-14,27,32H,10-11H2,1-4H3/t13-,14+. The number of aromatic nitrogens is 4. The molecule has 162 valence electrons. The van der Waals surface area contributed by atoms with Gasteiger partial charge >= 0.3 is 0 Å². The Morgan fingerprint density at radius 3 is 2.66 bits per heavy atom. The van der Waals surface area contributed by atoms with E-state index >= 15 is 0 Å². The first-order valence-corrected chi connectivity index (χ1v) is 10.7. The summed E-state index contributed by atoms with van der Waals surface area (Å²) in [7, 11) is 1.85. The van der Waals surface area contributed by atoms with Gasteiger partial charge in [-0.2, -0.15) is 10.4 Å². The number of phenols is 1. The topological polar surface area (TPSA) is 103 Å². The predicted octanol–water partition coefficient (Wildman–Crippen LogP) is 3.26. The summed E-state index contributed by atoms with van der Waals surface area (Å²) in [5, 5.41) is 30.3. The van der Waals surface area contributed by atoms with Crippen LogP contribution in [-0.2, 0) is 7.05 Å². The fourth-order valence-corrected chi connectivity index (χ4v) is 4.67. The molecule has 0 amide bonds. The smallest absolute Gasteiger partial charge is 0.161 e. The summed E-state index contributed by atoms with van der Waals surface area (Å²) in [5.41, 5.74) is 4.48. The van der Waals surface area contributed by atoms with E-state index in [-0.39, 0.29) is 5.75 Å². The van der Waals surface area contributed by atoms with Crippen LogP contribution in [0.15, 0.2) is 30.6 Å². The van der Waals surface area contributed by atoms with Gasteiger partial charge in [0.2, 0.25) is 0 Å². The minimum atomic E-state index is 0.118. The van der Waals surface area contributed by atoms with Crippen molar-refractivity contribution in [2.45, 2.75) is 32.9 Å². The van der Waals surface area contributed by atoms with Crippen LogP contribution in [0.2, 0.25) is 0 Å². The first-order chi connectivity index (χ1) is 15.3. The maximum Gasteiger partial charge on any atom is 0.161 e. The molecule has 1 aromatic carbocycles. The van der Waals surface area contributed by atoms with Crippen molar-refractivity contribution < 1.29 is 5.11 Å². The fourth-order valence-electron chi connectivity index (χ4n) is 4.67. The molecule has 4 aromatic rings. The van der Waals surface area contributed by atoms with Gasteiger partial charge in [0.25, 0.3) is 0 Å². The van der Waals surface area contributed by atoms with Gasteiger partial charge in [0, 0.05) is 60.3 Å². The van der Waals surface area contributed by atoms with E-state index in [4.69, 9.17) is 4.98 Å². The highest BCUT2D eigenvalue weighted by Gasteiger charge is 2.22. The van der Waals surface area contributed by atoms with Crippen LogP contribution >= 0.6 is 0 Å². The van der Waals surface area contributed by atoms with E-state index in [1.165, 1.54) is 0 Å². The van der Waals surface area contributed by atoms with Crippen LogP contribution in [-0.4, -0.2) is 50.0 Å². The molecule has 4 heterocycles. The third-order valence-electron chi connectivity index (χ3n) is 6.09. The summed E-state index contributed by atoms with van der Waals surface area (Å²) >= 11 is 0. The van der Waals surface area contributed by atoms with E-state index in [0.29, 0.717) is 45.5 Å². The van der Waals surface area contributed by atoms with Crippen molar-refractivity contribution in [1.82, 2.24) is 25.1 Å². The highest BCUT2D eigenvalue weighted by Crippen LogP contribution is 2.37. The average Bonchev–Trinajstić information content (AvgIpc) is 3.15. The number of benzene rings is 1. The third-order valence-corrected chi connectivity index (χ3v) is 6.09. The number of piperazine rings is 1. The number of aromatic hydroxyl groups is 1. The van der Waals surface area contributed by atoms with E-state index in [1.54, 1.807) is 10.7 Å². The van der Waals surface area contributed by atoms with E-state index < -0.39 is 0 Å². The zero-order valence-corrected chi connectivity index (χ0v) is 18.6. The molecule has 2 N–H and O–H groups in total. The maximum absolute atomic E-state index is 10.9. The monoisotopic (exact) mass is 427 g/mol. The lowest BCUT2D eigenvalue weighted by Gasteiger charge is -2.37. The van der Waals surface area contributed by atoms with Gasteiger partial charge in [-0.25, -0.2) is 9.97 Å². The summed E-state index contributed by atoms with van der Waals surface area (Å²) in [5.74, 6) is 0.118. The van der Waals surface area contributed by atoms with Gasteiger partial charge < -0.3 is 15.3 Å². The van der Waals surface area contributed by atoms with Crippen LogP contribution < -0.4 is 10.2 Å². The average molecular weight is 428 g/mol. The quantitative estimate of drug-likeness (QED) is 0.506. The number of fused-ring (bicyclic) bond motifs is 2. The third kappa shape index (κ3) is 3.31. The first kappa shape index (κ1) is 20.2. The molecule has 8 heteroatoms. The van der Waals surface area contributed by atoms with E-state index in [1.807, 2.05) is 38.5 Å². The first-order valence-electron chi connectivity index (χ1n) is 10.7. The van der Waals surface area contributed by atoms with Crippen LogP contribution in [0.5, 0.6) is 5.75 Å². The zero-order valence-electron chi connectivity index (χ0n) is 18.6. The molecule has 8 nitrogen and oxygen atoms in total. The number of nitrogens with one attached hydrogen (secondary N) is 1. The van der Waals surface area contributed by atoms with Crippen LogP contribution in [0.1, 0.15) is 25.0 Å². The molecule has 0 bridgehead atoms. The largest absolute Gasteiger partial charge is 0.507 e. The van der Waals surface area contributed by atoms with Crippen LogP contribution in [0.4, 0.5) is 5.69 Å². The molecule has 32 heavy (non-hydrogen) atoms. The summed E-state index contributed by atoms with van der Waals surface area (Å²) in [4.78, 5) is 11.6. The van der Waals surface area contributed by atoms with Crippen molar-refractivity contribution >= 4 is 27.6 Å². The highest BCUT2D eigenvalue weighted by atomic mass is 16.3. The summed E-state index contributed by atoms with van der Waals surface area (Å²) < 4.78 is 1.72. The second-order valence-electron chi connectivity index (χ2n) is 8.74. The predicted molar refractivity (Wildman–Crippen MR) is 125 cm³/mol. The van der Waals surface area contributed by atoms with Crippen LogP contribution in [0.3, 0.4) is 0 Å². The SMILES string of the molecule is Cc1c(O)c(-c2cc(C#N)c3cc(N4C[C@@H](C)N[C@@H](C)C4)cnc3n2)cc2cn(C)nc12. The molecule has 1 saturated heterocycles. The van der Waals surface area contributed by atoms with Gasteiger partial charge in [-0.15, -0.1) is 0 Å².